The van der Waals surface area contributed by atoms with E-state index in [4.69, 9.17) is 4.74 Å². The number of nitrogens with zero attached hydrogens (tertiary/aromatic N) is 1. The van der Waals surface area contributed by atoms with E-state index >= 15 is 0 Å². The molecule has 1 heterocycles. The number of hydrogen-bond donors (Lipinski definition) is 1. The Kier molecular flexibility index (Phi) is 5.52. The molecule has 1 fully saturated rings. The molecular formula is C19H28N2O3. The Morgan fingerprint density at radius 3 is 2.38 bits per heavy atom. The van der Waals surface area contributed by atoms with Crippen molar-refractivity contribution < 1.29 is 14.3 Å². The third-order valence-electron chi connectivity index (χ3n) is 3.93. The summed E-state index contributed by atoms with van der Waals surface area (Å²) in [5.41, 5.74) is 2.52. The highest BCUT2D eigenvalue weighted by molar-refractivity contribution is 5.93. The van der Waals surface area contributed by atoms with Crippen molar-refractivity contribution in [3.05, 3.63) is 29.3 Å². The van der Waals surface area contributed by atoms with Crippen molar-refractivity contribution in [2.45, 2.75) is 53.1 Å². The van der Waals surface area contributed by atoms with Gasteiger partial charge in [0.15, 0.2) is 0 Å². The Morgan fingerprint density at radius 1 is 1.17 bits per heavy atom. The van der Waals surface area contributed by atoms with Crippen LogP contribution in [0.1, 0.15) is 44.7 Å². The molecule has 1 aromatic carbocycles. The zero-order valence-electron chi connectivity index (χ0n) is 15.3. The first kappa shape index (κ1) is 18.3. The molecule has 24 heavy (non-hydrogen) atoms. The fraction of sp³-hybridized carbons (Fsp3) is 0.579. The van der Waals surface area contributed by atoms with Gasteiger partial charge in [0.2, 0.25) is 5.91 Å². The summed E-state index contributed by atoms with van der Waals surface area (Å²) in [6.07, 6.45) is 1.26. The molecule has 1 aliphatic heterocycles. The monoisotopic (exact) mass is 332 g/mol. The SMILES string of the molecule is Cc1cc(C)cc(NC(=O)C2CCCN(C(=O)OC(C)(C)C)C2)c1. The molecule has 1 N–H and O–H groups in total. The third-order valence-corrected chi connectivity index (χ3v) is 3.93. The number of ether oxygens (including phenoxy) is 1. The van der Waals surface area contributed by atoms with Gasteiger partial charge in [-0.15, -0.1) is 0 Å². The van der Waals surface area contributed by atoms with Crippen molar-refractivity contribution in [1.29, 1.82) is 0 Å². The van der Waals surface area contributed by atoms with Crippen LogP contribution in [0, 0.1) is 19.8 Å². The lowest BCUT2D eigenvalue weighted by Gasteiger charge is -2.33. The fourth-order valence-electron chi connectivity index (χ4n) is 2.97. The molecule has 132 valence electrons. The van der Waals surface area contributed by atoms with Crippen LogP contribution >= 0.6 is 0 Å². The number of hydrogen-bond acceptors (Lipinski definition) is 3. The van der Waals surface area contributed by atoms with Crippen LogP contribution in [0.3, 0.4) is 0 Å². The van der Waals surface area contributed by atoms with Gasteiger partial charge in [0, 0.05) is 18.8 Å². The van der Waals surface area contributed by atoms with Crippen LogP contribution < -0.4 is 5.32 Å². The molecular weight excluding hydrogens is 304 g/mol. The Balaban J connectivity index is 1.98. The summed E-state index contributed by atoms with van der Waals surface area (Å²) in [5.74, 6) is -0.236. The molecule has 1 unspecified atom stereocenters. The summed E-state index contributed by atoms with van der Waals surface area (Å²) in [7, 11) is 0. The molecule has 0 aliphatic carbocycles. The van der Waals surface area contributed by atoms with Gasteiger partial charge in [-0.25, -0.2) is 4.79 Å². The molecule has 2 rings (SSSR count). The topological polar surface area (TPSA) is 58.6 Å². The van der Waals surface area contributed by atoms with Crippen molar-refractivity contribution in [3.63, 3.8) is 0 Å². The highest BCUT2D eigenvalue weighted by atomic mass is 16.6. The molecule has 2 amide bonds. The minimum atomic E-state index is -0.522. The average molecular weight is 332 g/mol. The molecule has 5 nitrogen and oxygen atoms in total. The van der Waals surface area contributed by atoms with Crippen LogP contribution in [0.5, 0.6) is 0 Å². The largest absolute Gasteiger partial charge is 0.444 e. The molecule has 5 heteroatoms. The summed E-state index contributed by atoms with van der Waals surface area (Å²) in [6.45, 7) is 10.6. The van der Waals surface area contributed by atoms with Gasteiger partial charge in [-0.3, -0.25) is 4.79 Å². The number of carbonyl (C=O) groups excluding carboxylic acids is 2. The van der Waals surface area contributed by atoms with Gasteiger partial charge < -0.3 is 15.0 Å². The fourth-order valence-corrected chi connectivity index (χ4v) is 2.97. The number of rotatable bonds is 2. The van der Waals surface area contributed by atoms with Crippen molar-refractivity contribution >= 4 is 17.7 Å². The maximum absolute atomic E-state index is 12.6. The summed E-state index contributed by atoms with van der Waals surface area (Å²) >= 11 is 0. The molecule has 1 saturated heterocycles. The number of benzene rings is 1. The quantitative estimate of drug-likeness (QED) is 0.894. The molecule has 0 aromatic heterocycles. The summed E-state index contributed by atoms with van der Waals surface area (Å²) in [5, 5.41) is 2.98. The van der Waals surface area contributed by atoms with Gasteiger partial charge >= 0.3 is 6.09 Å². The predicted octanol–water partition coefficient (Wildman–Crippen LogP) is 3.89. The highest BCUT2D eigenvalue weighted by Gasteiger charge is 2.31. The van der Waals surface area contributed by atoms with E-state index in [1.165, 1.54) is 0 Å². The Morgan fingerprint density at radius 2 is 1.79 bits per heavy atom. The van der Waals surface area contributed by atoms with Crippen LogP contribution in [0.15, 0.2) is 18.2 Å². The number of anilines is 1. The van der Waals surface area contributed by atoms with E-state index in [0.717, 1.165) is 29.7 Å². The normalized spacial score (nSPS) is 18.2. The average Bonchev–Trinajstić information content (AvgIpc) is 2.44. The molecule has 1 aliphatic rings. The van der Waals surface area contributed by atoms with Crippen LogP contribution in [-0.2, 0) is 9.53 Å². The zero-order valence-corrected chi connectivity index (χ0v) is 15.3. The summed E-state index contributed by atoms with van der Waals surface area (Å²) in [4.78, 5) is 26.4. The van der Waals surface area contributed by atoms with Gasteiger partial charge in [0.25, 0.3) is 0 Å². The van der Waals surface area contributed by atoms with Gasteiger partial charge in [-0.05, 0) is 70.7 Å². The number of aryl methyl sites for hydroxylation is 2. The predicted molar refractivity (Wildman–Crippen MR) is 95.1 cm³/mol. The maximum atomic E-state index is 12.6. The van der Waals surface area contributed by atoms with E-state index in [1.807, 2.05) is 46.8 Å². The second-order valence-electron chi connectivity index (χ2n) is 7.63. The van der Waals surface area contributed by atoms with Crippen LogP contribution in [0.2, 0.25) is 0 Å². The second kappa shape index (κ2) is 7.24. The van der Waals surface area contributed by atoms with Crippen molar-refractivity contribution in [3.8, 4) is 0 Å². The second-order valence-corrected chi connectivity index (χ2v) is 7.63. The van der Waals surface area contributed by atoms with Gasteiger partial charge in [0.1, 0.15) is 5.60 Å². The van der Waals surface area contributed by atoms with E-state index in [9.17, 15) is 9.59 Å². The Labute approximate surface area is 144 Å². The first-order valence-corrected chi connectivity index (χ1v) is 8.51. The number of carbonyl (C=O) groups is 2. The maximum Gasteiger partial charge on any atom is 0.410 e. The van der Waals surface area contributed by atoms with Crippen molar-refractivity contribution in [1.82, 2.24) is 4.90 Å². The van der Waals surface area contributed by atoms with Crippen molar-refractivity contribution in [2.24, 2.45) is 5.92 Å². The molecule has 1 atom stereocenters. The standard InChI is InChI=1S/C19H28N2O3/c1-13-9-14(2)11-16(10-13)20-17(22)15-7-6-8-21(12-15)18(23)24-19(3,4)5/h9-11,15H,6-8,12H2,1-5H3,(H,20,22). The van der Waals surface area contributed by atoms with Crippen LogP contribution in [0.4, 0.5) is 10.5 Å². The molecule has 0 spiro atoms. The van der Waals surface area contributed by atoms with E-state index < -0.39 is 5.60 Å². The number of amides is 2. The van der Waals surface area contributed by atoms with Crippen LogP contribution in [0.25, 0.3) is 0 Å². The van der Waals surface area contributed by atoms with E-state index in [0.29, 0.717) is 13.1 Å². The van der Waals surface area contributed by atoms with E-state index in [-0.39, 0.29) is 17.9 Å². The van der Waals surface area contributed by atoms with Crippen LogP contribution in [-0.4, -0.2) is 35.6 Å². The Bertz CT molecular complexity index is 599. The summed E-state index contributed by atoms with van der Waals surface area (Å²) in [6, 6.07) is 5.99. The highest BCUT2D eigenvalue weighted by Crippen LogP contribution is 2.22. The third kappa shape index (κ3) is 5.25. The summed E-state index contributed by atoms with van der Waals surface area (Å²) < 4.78 is 5.41. The number of likely N-dealkylation sites (tertiary alicyclic amines) is 1. The van der Waals surface area contributed by atoms with Crippen molar-refractivity contribution in [2.75, 3.05) is 18.4 Å². The molecule has 0 saturated carbocycles. The molecule has 0 radical (unpaired) electrons. The van der Waals surface area contributed by atoms with Gasteiger partial charge in [0.05, 0.1) is 5.92 Å². The van der Waals surface area contributed by atoms with Gasteiger partial charge in [-0.1, -0.05) is 6.07 Å². The van der Waals surface area contributed by atoms with E-state index in [2.05, 4.69) is 11.4 Å². The minimum absolute atomic E-state index is 0.0340. The smallest absolute Gasteiger partial charge is 0.410 e. The minimum Gasteiger partial charge on any atom is -0.444 e. The lowest BCUT2D eigenvalue weighted by Crippen LogP contribution is -2.45. The first-order valence-electron chi connectivity index (χ1n) is 8.51. The number of piperidine rings is 1. The zero-order chi connectivity index (χ0) is 17.9. The van der Waals surface area contributed by atoms with E-state index in [1.54, 1.807) is 4.90 Å². The molecule has 0 bridgehead atoms. The first-order chi connectivity index (χ1) is 11.1. The lowest BCUT2D eigenvalue weighted by atomic mass is 9.97. The van der Waals surface area contributed by atoms with Gasteiger partial charge in [-0.2, -0.15) is 0 Å². The Hall–Kier alpha value is -2.04. The lowest BCUT2D eigenvalue weighted by molar-refractivity contribution is -0.121. The molecule has 1 aromatic rings. The number of nitrogens with one attached hydrogen (secondary N) is 1.